The lowest BCUT2D eigenvalue weighted by atomic mass is 9.81. The molecule has 0 atom stereocenters. The number of nitrogens with zero attached hydrogens (tertiary/aromatic N) is 1. The lowest BCUT2D eigenvalue weighted by Gasteiger charge is -2.24. The average molecular weight is 414 g/mol. The monoisotopic (exact) mass is 413 g/mol. The van der Waals surface area contributed by atoms with Crippen LogP contribution in [0.25, 0.3) is 22.0 Å². The Morgan fingerprint density at radius 2 is 1.45 bits per heavy atom. The zero-order valence-corrected chi connectivity index (χ0v) is 19.9. The summed E-state index contributed by atoms with van der Waals surface area (Å²) in [6, 6.07) is 12.6. The largest absolute Gasteiger partial charge is 0.220 e. The van der Waals surface area contributed by atoms with Gasteiger partial charge in [-0.05, 0) is 91.1 Å². The fourth-order valence-electron chi connectivity index (χ4n) is 6.14. The van der Waals surface area contributed by atoms with Gasteiger partial charge in [0, 0.05) is 13.0 Å². The second-order valence-electron chi connectivity index (χ2n) is 10.2. The lowest BCUT2D eigenvalue weighted by molar-refractivity contribution is -0.665. The Morgan fingerprint density at radius 3 is 2.16 bits per heavy atom. The Bertz CT molecular complexity index is 1160. The summed E-state index contributed by atoms with van der Waals surface area (Å²) in [5, 5.41) is 2.35. The maximum absolute atomic E-state index is 8.93. The van der Waals surface area contributed by atoms with Crippen molar-refractivity contribution < 1.29 is 5.94 Å². The van der Waals surface area contributed by atoms with Crippen molar-refractivity contribution >= 4 is 10.8 Å². The van der Waals surface area contributed by atoms with Gasteiger partial charge in [0.15, 0.2) is 5.69 Å². The summed E-state index contributed by atoms with van der Waals surface area (Å²) in [6.45, 7) is 6.66. The third kappa shape index (κ3) is 3.81. The third-order valence-corrected chi connectivity index (χ3v) is 8.30. The minimum Gasteiger partial charge on any atom is -0.198 e. The van der Waals surface area contributed by atoms with Crippen molar-refractivity contribution in [2.24, 2.45) is 7.05 Å². The van der Waals surface area contributed by atoms with Crippen LogP contribution in [0.1, 0.15) is 98.9 Å². The van der Waals surface area contributed by atoms with E-state index in [1.165, 1.54) is 96.7 Å². The Kier molecular flexibility index (Phi) is 5.30. The number of rotatable bonds is 3. The van der Waals surface area contributed by atoms with E-state index in [-0.39, 0.29) is 0 Å². The van der Waals surface area contributed by atoms with Crippen molar-refractivity contribution in [2.75, 3.05) is 0 Å². The molecule has 1 aromatic heterocycles. The number of benzene rings is 2. The van der Waals surface area contributed by atoms with Gasteiger partial charge in [0.2, 0.25) is 5.69 Å². The van der Waals surface area contributed by atoms with Crippen molar-refractivity contribution in [1.82, 2.24) is 0 Å². The van der Waals surface area contributed by atoms with Crippen molar-refractivity contribution in [3.8, 4) is 11.3 Å². The molecule has 2 aliphatic carbocycles. The smallest absolute Gasteiger partial charge is 0.198 e. The molecule has 0 aliphatic heterocycles. The van der Waals surface area contributed by atoms with Gasteiger partial charge in [-0.1, -0.05) is 50.3 Å². The van der Waals surface area contributed by atoms with Crippen LogP contribution in [0.4, 0.5) is 0 Å². The third-order valence-electron chi connectivity index (χ3n) is 8.30. The molecule has 0 bridgehead atoms. The molecule has 0 radical (unpaired) electrons. The molecular formula is C30H38N+. The Balaban J connectivity index is 1.72. The van der Waals surface area contributed by atoms with E-state index in [2.05, 4.69) is 62.7 Å². The van der Waals surface area contributed by atoms with Crippen LogP contribution in [-0.4, -0.2) is 0 Å². The van der Waals surface area contributed by atoms with Crippen molar-refractivity contribution in [1.29, 1.82) is 0 Å². The first kappa shape index (κ1) is 19.5. The highest BCUT2D eigenvalue weighted by molar-refractivity contribution is 5.94. The van der Waals surface area contributed by atoms with E-state index < -0.39 is 0 Å². The summed E-state index contributed by atoms with van der Waals surface area (Å²) in [7, 11) is 2.15. The molecule has 0 unspecified atom stereocenters. The summed E-state index contributed by atoms with van der Waals surface area (Å²) >= 11 is 0. The van der Waals surface area contributed by atoms with Crippen LogP contribution in [-0.2, 0) is 7.05 Å². The van der Waals surface area contributed by atoms with Gasteiger partial charge in [-0.25, -0.2) is 0 Å². The van der Waals surface area contributed by atoms with Crippen LogP contribution in [0, 0.1) is 20.8 Å². The van der Waals surface area contributed by atoms with E-state index >= 15 is 0 Å². The minimum atomic E-state index is 0.676. The highest BCUT2D eigenvalue weighted by atomic mass is 14.9. The molecule has 2 aliphatic rings. The predicted molar refractivity (Wildman–Crippen MR) is 132 cm³/mol. The summed E-state index contributed by atoms with van der Waals surface area (Å²) in [6.07, 6.45) is 12.0. The molecule has 1 nitrogen and oxygen atoms in total. The first-order chi connectivity index (χ1) is 15.5. The Labute approximate surface area is 189 Å². The molecule has 2 aromatic carbocycles. The van der Waals surface area contributed by atoms with Gasteiger partial charge in [0.05, 0.1) is 12.3 Å². The molecule has 3 aromatic rings. The molecule has 0 N–H and O–H groups in total. The fraction of sp³-hybridized carbons (Fsp3) is 0.500. The summed E-state index contributed by atoms with van der Waals surface area (Å²) in [5.41, 5.74) is 9.42. The van der Waals surface area contributed by atoms with E-state index in [4.69, 9.17) is 1.37 Å². The lowest BCUT2D eigenvalue weighted by Crippen LogP contribution is -2.35. The van der Waals surface area contributed by atoms with Gasteiger partial charge in [-0.2, -0.15) is 4.57 Å². The molecule has 1 heteroatoms. The Morgan fingerprint density at radius 1 is 0.806 bits per heavy atom. The SMILES string of the molecule is [2H]c1c(C)[n+](C)c(-c2cc(C3CCCCC3)cc(C)c2C)c2ccc(C3CCCC3)cc12. The minimum absolute atomic E-state index is 0.676. The van der Waals surface area contributed by atoms with Crippen molar-refractivity contribution in [2.45, 2.75) is 90.4 Å². The number of aryl methyl sites for hydroxylation is 1. The molecule has 0 saturated heterocycles. The summed E-state index contributed by atoms with van der Waals surface area (Å²) < 4.78 is 11.2. The van der Waals surface area contributed by atoms with Gasteiger partial charge in [0.1, 0.15) is 7.05 Å². The molecule has 1 heterocycles. The number of fused-ring (bicyclic) bond motifs is 1. The van der Waals surface area contributed by atoms with E-state index in [0.29, 0.717) is 17.9 Å². The molecule has 0 spiro atoms. The number of hydrogen-bond donors (Lipinski definition) is 0. The summed E-state index contributed by atoms with van der Waals surface area (Å²) in [4.78, 5) is 0. The van der Waals surface area contributed by atoms with Crippen LogP contribution >= 0.6 is 0 Å². The zero-order valence-electron chi connectivity index (χ0n) is 20.9. The highest BCUT2D eigenvalue weighted by Crippen LogP contribution is 2.39. The van der Waals surface area contributed by atoms with Crippen LogP contribution in [0.15, 0.2) is 36.4 Å². The molecule has 2 fully saturated rings. The van der Waals surface area contributed by atoms with Crippen LogP contribution in [0.5, 0.6) is 0 Å². The molecule has 2 saturated carbocycles. The van der Waals surface area contributed by atoms with Gasteiger partial charge in [-0.3, -0.25) is 0 Å². The molecule has 162 valence electrons. The van der Waals surface area contributed by atoms with E-state index in [1.807, 2.05) is 0 Å². The van der Waals surface area contributed by atoms with Gasteiger partial charge < -0.3 is 0 Å². The van der Waals surface area contributed by atoms with Crippen molar-refractivity contribution in [3.05, 3.63) is 64.3 Å². The second kappa shape index (κ2) is 8.41. The molecular weight excluding hydrogens is 374 g/mol. The predicted octanol–water partition coefficient (Wildman–Crippen LogP) is 7.96. The number of aromatic nitrogens is 1. The first-order valence-corrected chi connectivity index (χ1v) is 12.5. The average Bonchev–Trinajstić information content (AvgIpc) is 3.36. The fourth-order valence-corrected chi connectivity index (χ4v) is 6.14. The van der Waals surface area contributed by atoms with Crippen LogP contribution in [0.3, 0.4) is 0 Å². The van der Waals surface area contributed by atoms with E-state index in [0.717, 1.165) is 11.1 Å². The number of pyridine rings is 1. The first-order valence-electron chi connectivity index (χ1n) is 13.0. The Hall–Kier alpha value is -2.15. The van der Waals surface area contributed by atoms with Crippen LogP contribution < -0.4 is 4.57 Å². The van der Waals surface area contributed by atoms with Gasteiger partial charge in [-0.15, -0.1) is 0 Å². The maximum atomic E-state index is 8.93. The maximum Gasteiger partial charge on any atom is 0.220 e. The second-order valence-corrected chi connectivity index (χ2v) is 10.2. The molecule has 5 rings (SSSR count). The quantitative estimate of drug-likeness (QED) is 0.383. The normalized spacial score (nSPS) is 18.6. The zero-order chi connectivity index (χ0) is 22.4. The molecule has 31 heavy (non-hydrogen) atoms. The topological polar surface area (TPSA) is 3.88 Å². The van der Waals surface area contributed by atoms with E-state index in [1.54, 1.807) is 0 Å². The van der Waals surface area contributed by atoms with Crippen LogP contribution in [0.2, 0.25) is 0 Å². The molecule has 0 amide bonds. The van der Waals surface area contributed by atoms with Crippen molar-refractivity contribution in [3.63, 3.8) is 0 Å². The van der Waals surface area contributed by atoms with Gasteiger partial charge in [0.25, 0.3) is 0 Å². The number of hydrogen-bond acceptors (Lipinski definition) is 0. The highest BCUT2D eigenvalue weighted by Gasteiger charge is 2.25. The standard InChI is InChI=1S/C30H38N/c1-20-16-26(24-10-6-5-7-11-24)19-29(22(20)3)30-28-15-14-25(23-12-8-9-13-23)18-27(28)17-21(2)31(30)4/h14-19,23-24H,5-13H2,1-4H3/q+1/i17D. The van der Waals surface area contributed by atoms with E-state index in [9.17, 15) is 0 Å². The summed E-state index contributed by atoms with van der Waals surface area (Å²) in [5.74, 6) is 1.37. The van der Waals surface area contributed by atoms with Gasteiger partial charge >= 0.3 is 0 Å².